The van der Waals surface area contributed by atoms with Crippen LogP contribution in [0.15, 0.2) is 60.8 Å². The minimum absolute atomic E-state index is 0.0457. The number of aryl methyl sites for hydroxylation is 1. The van der Waals surface area contributed by atoms with Crippen molar-refractivity contribution in [2.24, 2.45) is 5.92 Å². The molecule has 0 saturated carbocycles. The van der Waals surface area contributed by atoms with Gasteiger partial charge in [0.15, 0.2) is 0 Å². The molecule has 2 aromatic carbocycles. The molecule has 0 spiro atoms. The van der Waals surface area contributed by atoms with Crippen LogP contribution >= 0.6 is 11.6 Å². The third-order valence-corrected chi connectivity index (χ3v) is 5.36. The summed E-state index contributed by atoms with van der Waals surface area (Å²) in [5.74, 6) is -0.0663. The van der Waals surface area contributed by atoms with Crippen LogP contribution in [0.4, 0.5) is 0 Å². The number of hydrazine groups is 1. The number of para-hydroxylation sites is 1. The van der Waals surface area contributed by atoms with Crippen molar-refractivity contribution in [1.82, 2.24) is 20.7 Å². The van der Waals surface area contributed by atoms with Gasteiger partial charge in [-0.05, 0) is 41.6 Å². The largest absolute Gasteiger partial charge is 0.356 e. The number of carbonyl (C=O) groups excluding carboxylic acids is 1. The van der Waals surface area contributed by atoms with E-state index in [-0.39, 0.29) is 17.9 Å². The molecule has 4 rings (SSSR count). The van der Waals surface area contributed by atoms with Crippen LogP contribution in [0.1, 0.15) is 18.0 Å². The highest BCUT2D eigenvalue weighted by molar-refractivity contribution is 6.30. The highest BCUT2D eigenvalue weighted by Gasteiger charge is 2.33. The van der Waals surface area contributed by atoms with E-state index in [9.17, 15) is 4.79 Å². The molecular formula is C21H23ClN4O. The fourth-order valence-electron chi connectivity index (χ4n) is 3.65. The van der Waals surface area contributed by atoms with Crippen LogP contribution in [-0.4, -0.2) is 23.6 Å². The van der Waals surface area contributed by atoms with Gasteiger partial charge in [0.2, 0.25) is 5.91 Å². The molecule has 2 heterocycles. The molecule has 0 bridgehead atoms. The zero-order chi connectivity index (χ0) is 18.6. The predicted octanol–water partition coefficient (Wildman–Crippen LogP) is 3.27. The fourth-order valence-corrected chi connectivity index (χ4v) is 3.78. The van der Waals surface area contributed by atoms with Gasteiger partial charge in [0, 0.05) is 36.4 Å². The Morgan fingerprint density at radius 1 is 1.15 bits per heavy atom. The molecule has 0 aliphatic carbocycles. The minimum atomic E-state index is -0.140. The van der Waals surface area contributed by atoms with Gasteiger partial charge in [0.05, 0.1) is 12.0 Å². The molecule has 2 unspecified atom stereocenters. The van der Waals surface area contributed by atoms with Crippen molar-refractivity contribution in [2.75, 3.05) is 13.1 Å². The molecule has 1 aliphatic rings. The molecule has 2 atom stereocenters. The van der Waals surface area contributed by atoms with Gasteiger partial charge >= 0.3 is 0 Å². The molecule has 6 heteroatoms. The van der Waals surface area contributed by atoms with Gasteiger partial charge in [0.25, 0.3) is 0 Å². The highest BCUT2D eigenvalue weighted by atomic mass is 35.5. The van der Waals surface area contributed by atoms with Crippen LogP contribution < -0.4 is 16.2 Å². The van der Waals surface area contributed by atoms with E-state index < -0.39 is 0 Å². The Hall–Kier alpha value is -2.34. The van der Waals surface area contributed by atoms with Crippen molar-refractivity contribution < 1.29 is 4.79 Å². The minimum Gasteiger partial charge on any atom is -0.356 e. The fraction of sp³-hybridized carbons (Fsp3) is 0.286. The molecule has 5 nitrogen and oxygen atoms in total. The zero-order valence-corrected chi connectivity index (χ0v) is 15.7. The Morgan fingerprint density at radius 3 is 2.81 bits per heavy atom. The lowest BCUT2D eigenvalue weighted by molar-refractivity contribution is -0.124. The van der Waals surface area contributed by atoms with Gasteiger partial charge in [-0.3, -0.25) is 10.2 Å². The monoisotopic (exact) mass is 382 g/mol. The number of nitrogens with zero attached hydrogens (tertiary/aromatic N) is 1. The average Bonchev–Trinajstić information content (AvgIpc) is 3.33. The number of rotatable bonds is 6. The first-order valence-electron chi connectivity index (χ1n) is 9.28. The van der Waals surface area contributed by atoms with Gasteiger partial charge < -0.3 is 9.88 Å². The Kier molecular flexibility index (Phi) is 5.43. The average molecular weight is 383 g/mol. The lowest BCUT2D eigenvalue weighted by Crippen LogP contribution is -2.35. The van der Waals surface area contributed by atoms with Gasteiger partial charge in [0.1, 0.15) is 0 Å². The summed E-state index contributed by atoms with van der Waals surface area (Å²) in [6.07, 6.45) is 3.00. The van der Waals surface area contributed by atoms with E-state index in [1.165, 1.54) is 10.9 Å². The molecule has 0 radical (unpaired) electrons. The van der Waals surface area contributed by atoms with E-state index >= 15 is 0 Å². The summed E-state index contributed by atoms with van der Waals surface area (Å²) in [6, 6.07) is 18.1. The van der Waals surface area contributed by atoms with Crippen molar-refractivity contribution in [3.63, 3.8) is 0 Å². The number of fused-ring (bicyclic) bond motifs is 1. The summed E-state index contributed by atoms with van der Waals surface area (Å²) >= 11 is 5.96. The van der Waals surface area contributed by atoms with Crippen LogP contribution in [0.5, 0.6) is 0 Å². The standard InChI is InChI=1S/C21H23ClN4O/c22-17-8-6-16(7-9-17)20-18(14-24-25-20)21(27)23-11-3-12-26-13-10-15-4-1-2-5-19(15)26/h1-2,4-10,13,18,20,24-25H,3,11-12,14H2,(H,23,27). The SMILES string of the molecule is O=C(NCCCn1ccc2ccccc21)C1CNNC1c1ccc(Cl)cc1. The first-order chi connectivity index (χ1) is 13.2. The maximum absolute atomic E-state index is 12.6. The Balaban J connectivity index is 1.30. The maximum Gasteiger partial charge on any atom is 0.226 e. The molecule has 140 valence electrons. The first-order valence-corrected chi connectivity index (χ1v) is 9.65. The molecule has 27 heavy (non-hydrogen) atoms. The number of benzene rings is 2. The number of amides is 1. The topological polar surface area (TPSA) is 58.1 Å². The Labute approximate surface area is 163 Å². The lowest BCUT2D eigenvalue weighted by Gasteiger charge is -2.18. The normalized spacial score (nSPS) is 19.4. The summed E-state index contributed by atoms with van der Waals surface area (Å²) in [5, 5.41) is 5.03. The highest BCUT2D eigenvalue weighted by Crippen LogP contribution is 2.26. The van der Waals surface area contributed by atoms with Crippen molar-refractivity contribution >= 4 is 28.4 Å². The molecule has 1 aromatic heterocycles. The first kappa shape index (κ1) is 18.0. The second-order valence-electron chi connectivity index (χ2n) is 6.87. The quantitative estimate of drug-likeness (QED) is 0.573. The molecular weight excluding hydrogens is 360 g/mol. The Morgan fingerprint density at radius 2 is 1.96 bits per heavy atom. The van der Waals surface area contributed by atoms with Crippen molar-refractivity contribution in [1.29, 1.82) is 0 Å². The van der Waals surface area contributed by atoms with E-state index in [0.29, 0.717) is 18.1 Å². The number of hydrogen-bond donors (Lipinski definition) is 3. The number of carbonyl (C=O) groups is 1. The molecule has 1 amide bonds. The van der Waals surface area contributed by atoms with Crippen LogP contribution in [0, 0.1) is 5.92 Å². The van der Waals surface area contributed by atoms with Crippen LogP contribution in [0.25, 0.3) is 10.9 Å². The number of aromatic nitrogens is 1. The summed E-state index contributed by atoms with van der Waals surface area (Å²) in [7, 11) is 0. The van der Waals surface area contributed by atoms with Crippen molar-refractivity contribution in [3.05, 3.63) is 71.4 Å². The molecule has 1 saturated heterocycles. The smallest absolute Gasteiger partial charge is 0.226 e. The molecule has 1 fully saturated rings. The molecule has 3 N–H and O–H groups in total. The Bertz CT molecular complexity index is 921. The van der Waals surface area contributed by atoms with Gasteiger partial charge in [-0.15, -0.1) is 0 Å². The predicted molar refractivity (Wildman–Crippen MR) is 108 cm³/mol. The summed E-state index contributed by atoms with van der Waals surface area (Å²) in [5.41, 5.74) is 8.59. The number of hydrogen-bond acceptors (Lipinski definition) is 3. The van der Waals surface area contributed by atoms with E-state index in [0.717, 1.165) is 18.5 Å². The number of halogens is 1. The third-order valence-electron chi connectivity index (χ3n) is 5.10. The van der Waals surface area contributed by atoms with Gasteiger partial charge in [-0.2, -0.15) is 0 Å². The van der Waals surface area contributed by atoms with E-state index in [1.807, 2.05) is 30.3 Å². The van der Waals surface area contributed by atoms with Crippen molar-refractivity contribution in [2.45, 2.75) is 19.0 Å². The number of nitrogens with one attached hydrogen (secondary N) is 3. The van der Waals surface area contributed by atoms with E-state index in [2.05, 4.69) is 51.2 Å². The maximum atomic E-state index is 12.6. The lowest BCUT2D eigenvalue weighted by atomic mass is 9.94. The van der Waals surface area contributed by atoms with E-state index in [4.69, 9.17) is 11.6 Å². The van der Waals surface area contributed by atoms with Gasteiger partial charge in [-0.1, -0.05) is 41.9 Å². The third kappa shape index (κ3) is 4.00. The van der Waals surface area contributed by atoms with Crippen molar-refractivity contribution in [3.8, 4) is 0 Å². The molecule has 1 aliphatic heterocycles. The van der Waals surface area contributed by atoms with Crippen LogP contribution in [-0.2, 0) is 11.3 Å². The van der Waals surface area contributed by atoms with Crippen LogP contribution in [0.2, 0.25) is 5.02 Å². The second-order valence-corrected chi connectivity index (χ2v) is 7.31. The summed E-state index contributed by atoms with van der Waals surface area (Å²) < 4.78 is 2.23. The summed E-state index contributed by atoms with van der Waals surface area (Å²) in [4.78, 5) is 12.6. The zero-order valence-electron chi connectivity index (χ0n) is 15.0. The van der Waals surface area contributed by atoms with Crippen LogP contribution in [0.3, 0.4) is 0 Å². The summed E-state index contributed by atoms with van der Waals surface area (Å²) in [6.45, 7) is 2.16. The molecule has 3 aromatic rings. The second kappa shape index (κ2) is 8.13. The van der Waals surface area contributed by atoms with Gasteiger partial charge in [-0.25, -0.2) is 5.43 Å². The van der Waals surface area contributed by atoms with E-state index in [1.54, 1.807) is 0 Å².